The first kappa shape index (κ1) is 15.0. The van der Waals surface area contributed by atoms with Gasteiger partial charge in [0.1, 0.15) is 0 Å². The van der Waals surface area contributed by atoms with Gasteiger partial charge in [-0.05, 0) is 13.8 Å². The van der Waals surface area contributed by atoms with E-state index in [0.717, 1.165) is 5.32 Å². The number of carbonyl (C=O) groups is 1. The molecule has 0 atom stereocenters. The van der Waals surface area contributed by atoms with Gasteiger partial charge in [-0.15, -0.1) is 0 Å². The number of urea groups is 1. The van der Waals surface area contributed by atoms with Crippen LogP contribution in [0.1, 0.15) is 13.8 Å². The standard InChI is InChI=1S/C8H15F3N2O3/c1-3-15-6(16-4-2)5-12-7(14)13-8(9,10)11/h6H,3-5H2,1-2H3,(H2,12,13,14). The van der Waals surface area contributed by atoms with Crippen molar-refractivity contribution in [2.24, 2.45) is 0 Å². The minimum absolute atomic E-state index is 0.149. The third kappa shape index (κ3) is 8.30. The zero-order valence-electron chi connectivity index (χ0n) is 9.06. The molecule has 0 rings (SSSR count). The molecule has 0 aromatic heterocycles. The number of carbonyl (C=O) groups excluding carboxylic acids is 1. The van der Waals surface area contributed by atoms with Crippen molar-refractivity contribution in [1.29, 1.82) is 0 Å². The molecule has 0 fully saturated rings. The quantitative estimate of drug-likeness (QED) is 0.545. The number of amides is 2. The number of hydrogen-bond donors (Lipinski definition) is 2. The van der Waals surface area contributed by atoms with Gasteiger partial charge >= 0.3 is 12.3 Å². The maximum absolute atomic E-state index is 11.7. The third-order valence-electron chi connectivity index (χ3n) is 1.39. The summed E-state index contributed by atoms with van der Waals surface area (Å²) in [5, 5.41) is 2.79. The molecule has 2 amide bonds. The molecule has 0 aliphatic carbocycles. The minimum Gasteiger partial charge on any atom is -0.351 e. The van der Waals surface area contributed by atoms with E-state index in [2.05, 4.69) is 0 Å². The van der Waals surface area contributed by atoms with Gasteiger partial charge in [0.25, 0.3) is 0 Å². The molecule has 0 saturated heterocycles. The maximum atomic E-state index is 11.7. The van der Waals surface area contributed by atoms with Crippen LogP contribution in [-0.4, -0.2) is 38.4 Å². The predicted octanol–water partition coefficient (Wildman–Crippen LogP) is 1.20. The van der Waals surface area contributed by atoms with Gasteiger partial charge in [0.2, 0.25) is 0 Å². The van der Waals surface area contributed by atoms with E-state index in [4.69, 9.17) is 9.47 Å². The molecule has 0 aromatic carbocycles. The van der Waals surface area contributed by atoms with Crippen LogP contribution in [0.4, 0.5) is 18.0 Å². The fraction of sp³-hybridized carbons (Fsp3) is 0.875. The molecule has 0 saturated carbocycles. The monoisotopic (exact) mass is 244 g/mol. The highest BCUT2D eigenvalue weighted by atomic mass is 19.4. The summed E-state index contributed by atoms with van der Waals surface area (Å²) in [5.41, 5.74) is 0. The van der Waals surface area contributed by atoms with Gasteiger partial charge in [0, 0.05) is 13.2 Å². The molecule has 2 N–H and O–H groups in total. The number of halogens is 3. The summed E-state index contributed by atoms with van der Waals surface area (Å²) in [7, 11) is 0. The highest BCUT2D eigenvalue weighted by Gasteiger charge is 2.30. The van der Waals surface area contributed by atoms with Crippen LogP contribution in [0.3, 0.4) is 0 Å². The highest BCUT2D eigenvalue weighted by Crippen LogP contribution is 2.08. The summed E-state index contributed by atoms with van der Waals surface area (Å²) in [6, 6.07) is -1.34. The first-order valence-electron chi connectivity index (χ1n) is 4.75. The van der Waals surface area contributed by atoms with Crippen molar-refractivity contribution < 1.29 is 27.4 Å². The fourth-order valence-electron chi connectivity index (χ4n) is 0.887. The Hall–Kier alpha value is -1.02. The van der Waals surface area contributed by atoms with Crippen LogP contribution in [0.2, 0.25) is 0 Å². The molecular weight excluding hydrogens is 229 g/mol. The molecule has 8 heteroatoms. The topological polar surface area (TPSA) is 59.6 Å². The second kappa shape index (κ2) is 7.29. The normalized spacial score (nSPS) is 11.6. The van der Waals surface area contributed by atoms with Crippen LogP contribution in [0.15, 0.2) is 0 Å². The number of hydrogen-bond acceptors (Lipinski definition) is 3. The lowest BCUT2D eigenvalue weighted by atomic mass is 10.6. The number of nitrogens with one attached hydrogen (secondary N) is 2. The Morgan fingerprint density at radius 1 is 1.25 bits per heavy atom. The minimum atomic E-state index is -4.74. The molecule has 0 aromatic rings. The van der Waals surface area contributed by atoms with Gasteiger partial charge in [-0.1, -0.05) is 0 Å². The number of ether oxygens (including phenoxy) is 2. The average molecular weight is 244 g/mol. The average Bonchev–Trinajstić information content (AvgIpc) is 2.12. The Bertz CT molecular complexity index is 205. The van der Waals surface area contributed by atoms with Gasteiger partial charge in [-0.25, -0.2) is 10.1 Å². The van der Waals surface area contributed by atoms with Gasteiger partial charge < -0.3 is 14.8 Å². The zero-order chi connectivity index (χ0) is 12.6. The summed E-state index contributed by atoms with van der Waals surface area (Å²) in [5.74, 6) is 0. The zero-order valence-corrected chi connectivity index (χ0v) is 9.06. The van der Waals surface area contributed by atoms with Crippen molar-refractivity contribution in [3.8, 4) is 0 Å². The molecule has 0 unspecified atom stereocenters. The van der Waals surface area contributed by atoms with E-state index in [-0.39, 0.29) is 6.54 Å². The molecule has 5 nitrogen and oxygen atoms in total. The second-order valence-electron chi connectivity index (χ2n) is 2.67. The van der Waals surface area contributed by atoms with E-state index in [1.165, 1.54) is 0 Å². The number of alkyl halides is 3. The van der Waals surface area contributed by atoms with Crippen LogP contribution in [0.25, 0.3) is 0 Å². The Morgan fingerprint density at radius 2 is 1.75 bits per heavy atom. The molecule has 16 heavy (non-hydrogen) atoms. The summed E-state index contributed by atoms with van der Waals surface area (Å²) in [6.07, 6.45) is -5.48. The molecule has 0 spiro atoms. The lowest BCUT2D eigenvalue weighted by Gasteiger charge is -2.17. The van der Waals surface area contributed by atoms with Crippen molar-refractivity contribution in [3.05, 3.63) is 0 Å². The van der Waals surface area contributed by atoms with Gasteiger partial charge in [0.05, 0.1) is 6.54 Å². The Balaban J connectivity index is 3.86. The second-order valence-corrected chi connectivity index (χ2v) is 2.67. The molecule has 0 radical (unpaired) electrons. The maximum Gasteiger partial charge on any atom is 0.485 e. The van der Waals surface area contributed by atoms with Gasteiger partial charge in [0.15, 0.2) is 6.29 Å². The summed E-state index contributed by atoms with van der Waals surface area (Å²) in [6.45, 7) is 3.95. The Kier molecular flexibility index (Phi) is 6.82. The smallest absolute Gasteiger partial charge is 0.351 e. The molecule has 0 aliphatic heterocycles. The van der Waals surface area contributed by atoms with Crippen LogP contribution < -0.4 is 10.6 Å². The Labute approximate surface area is 91.3 Å². The third-order valence-corrected chi connectivity index (χ3v) is 1.39. The molecule has 0 heterocycles. The van der Waals surface area contributed by atoms with Crippen molar-refractivity contribution >= 4 is 6.03 Å². The van der Waals surface area contributed by atoms with Crippen molar-refractivity contribution in [2.45, 2.75) is 26.4 Å². The van der Waals surface area contributed by atoms with Crippen LogP contribution in [-0.2, 0) is 9.47 Å². The number of rotatable bonds is 6. The van der Waals surface area contributed by atoms with E-state index in [1.54, 1.807) is 13.8 Å². The fourth-order valence-corrected chi connectivity index (χ4v) is 0.887. The van der Waals surface area contributed by atoms with Crippen LogP contribution in [0.5, 0.6) is 0 Å². The first-order valence-corrected chi connectivity index (χ1v) is 4.75. The van der Waals surface area contributed by atoms with E-state index in [0.29, 0.717) is 13.2 Å². The van der Waals surface area contributed by atoms with E-state index in [9.17, 15) is 18.0 Å². The molecular formula is C8H15F3N2O3. The van der Waals surface area contributed by atoms with Crippen molar-refractivity contribution in [3.63, 3.8) is 0 Å². The summed E-state index contributed by atoms with van der Waals surface area (Å²) < 4.78 is 45.1. The molecule has 0 bridgehead atoms. The predicted molar refractivity (Wildman–Crippen MR) is 49.6 cm³/mol. The van der Waals surface area contributed by atoms with E-state index < -0.39 is 18.6 Å². The largest absolute Gasteiger partial charge is 0.485 e. The summed E-state index contributed by atoms with van der Waals surface area (Å²) in [4.78, 5) is 10.7. The van der Waals surface area contributed by atoms with E-state index in [1.807, 2.05) is 5.32 Å². The van der Waals surface area contributed by atoms with Crippen LogP contribution in [0, 0.1) is 0 Å². The lowest BCUT2D eigenvalue weighted by molar-refractivity contribution is -0.147. The van der Waals surface area contributed by atoms with Gasteiger partial charge in [-0.3, -0.25) is 0 Å². The van der Waals surface area contributed by atoms with Crippen molar-refractivity contribution in [2.75, 3.05) is 19.8 Å². The van der Waals surface area contributed by atoms with Gasteiger partial charge in [-0.2, -0.15) is 13.2 Å². The molecule has 96 valence electrons. The lowest BCUT2D eigenvalue weighted by Crippen LogP contribution is -2.46. The Morgan fingerprint density at radius 3 is 2.12 bits per heavy atom. The van der Waals surface area contributed by atoms with E-state index >= 15 is 0 Å². The highest BCUT2D eigenvalue weighted by molar-refractivity contribution is 5.74. The summed E-state index contributed by atoms with van der Waals surface area (Å²) >= 11 is 0. The van der Waals surface area contributed by atoms with Crippen molar-refractivity contribution in [1.82, 2.24) is 10.6 Å². The molecule has 0 aliphatic rings. The van der Waals surface area contributed by atoms with Crippen LogP contribution >= 0.6 is 0 Å². The first-order chi connectivity index (χ1) is 7.39. The SMILES string of the molecule is CCOC(CNC(=O)NC(F)(F)F)OCC.